The third-order valence-corrected chi connectivity index (χ3v) is 5.78. The van der Waals surface area contributed by atoms with Crippen molar-refractivity contribution in [3.63, 3.8) is 0 Å². The number of hydrogen-bond acceptors (Lipinski definition) is 4. The summed E-state index contributed by atoms with van der Waals surface area (Å²) < 4.78 is 5.15. The number of carbonyl (C=O) groups is 2. The Hall–Kier alpha value is -2.57. The monoisotopic (exact) mass is 400 g/mol. The molecular formula is C21H23ClN3O3+. The van der Waals surface area contributed by atoms with Crippen molar-refractivity contribution in [3.8, 4) is 5.75 Å². The molecule has 0 radical (unpaired) electrons. The maximum atomic E-state index is 13.0. The maximum Gasteiger partial charge on any atom is 0.292 e. The van der Waals surface area contributed by atoms with Gasteiger partial charge in [-0.05, 0) is 42.5 Å². The largest absolute Gasteiger partial charge is 0.497 e. The predicted molar refractivity (Wildman–Crippen MR) is 108 cm³/mol. The molecular weight excluding hydrogens is 378 g/mol. The van der Waals surface area contributed by atoms with Crippen LogP contribution in [-0.4, -0.2) is 51.1 Å². The summed E-state index contributed by atoms with van der Waals surface area (Å²) in [6, 6.07) is 14.5. The number of carbonyl (C=O) groups excluding carboxylic acids is 2. The molecule has 2 amide bonds. The minimum Gasteiger partial charge on any atom is -0.497 e. The Bertz CT molecular complexity index is 879. The Labute approximate surface area is 169 Å². The highest BCUT2D eigenvalue weighted by Gasteiger charge is 2.46. The number of nitrogens with one attached hydrogen (secondary N) is 1. The van der Waals surface area contributed by atoms with Crippen LogP contribution in [0.1, 0.15) is 6.42 Å². The number of anilines is 2. The lowest BCUT2D eigenvalue weighted by Crippen LogP contribution is -3.19. The third-order valence-electron chi connectivity index (χ3n) is 5.55. The van der Waals surface area contributed by atoms with E-state index < -0.39 is 0 Å². The number of imide groups is 1. The Morgan fingerprint density at radius 1 is 1.04 bits per heavy atom. The summed E-state index contributed by atoms with van der Waals surface area (Å²) in [5.74, 6) is 0.452. The number of nitrogens with zero attached hydrogens (tertiary/aromatic N) is 2. The van der Waals surface area contributed by atoms with Gasteiger partial charge in [0.2, 0.25) is 5.91 Å². The first-order valence-corrected chi connectivity index (χ1v) is 9.80. The van der Waals surface area contributed by atoms with Gasteiger partial charge >= 0.3 is 0 Å². The second kappa shape index (κ2) is 7.81. The van der Waals surface area contributed by atoms with Gasteiger partial charge in [-0.25, -0.2) is 4.90 Å². The van der Waals surface area contributed by atoms with Gasteiger partial charge in [0.05, 0.1) is 45.4 Å². The molecule has 2 aliphatic rings. The lowest BCUT2D eigenvalue weighted by Gasteiger charge is -2.35. The van der Waals surface area contributed by atoms with E-state index in [9.17, 15) is 9.59 Å². The van der Waals surface area contributed by atoms with Gasteiger partial charge in [-0.15, -0.1) is 0 Å². The first-order valence-electron chi connectivity index (χ1n) is 9.43. The molecule has 0 saturated carbocycles. The molecule has 2 aromatic rings. The van der Waals surface area contributed by atoms with Gasteiger partial charge in [0.25, 0.3) is 5.91 Å². The molecule has 1 atom stereocenters. The topological polar surface area (TPSA) is 54.3 Å². The minimum atomic E-state index is -0.309. The van der Waals surface area contributed by atoms with Crippen molar-refractivity contribution in [2.75, 3.05) is 43.1 Å². The van der Waals surface area contributed by atoms with Crippen molar-refractivity contribution >= 4 is 34.8 Å². The van der Waals surface area contributed by atoms with Crippen molar-refractivity contribution in [1.82, 2.24) is 0 Å². The van der Waals surface area contributed by atoms with Crippen molar-refractivity contribution in [3.05, 3.63) is 53.6 Å². The van der Waals surface area contributed by atoms with E-state index in [4.69, 9.17) is 16.3 Å². The molecule has 6 nitrogen and oxygen atoms in total. The van der Waals surface area contributed by atoms with Crippen molar-refractivity contribution in [2.24, 2.45) is 0 Å². The molecule has 0 unspecified atom stereocenters. The van der Waals surface area contributed by atoms with E-state index >= 15 is 0 Å². The average Bonchev–Trinajstić information content (AvgIpc) is 3.02. The van der Waals surface area contributed by atoms with Crippen LogP contribution < -0.4 is 19.4 Å². The Balaban J connectivity index is 1.43. The quantitative estimate of drug-likeness (QED) is 0.788. The van der Waals surface area contributed by atoms with Crippen LogP contribution >= 0.6 is 11.6 Å². The van der Waals surface area contributed by atoms with Crippen molar-refractivity contribution in [2.45, 2.75) is 12.5 Å². The zero-order chi connectivity index (χ0) is 19.7. The number of methoxy groups -OCH3 is 1. The molecule has 2 fully saturated rings. The summed E-state index contributed by atoms with van der Waals surface area (Å²) >= 11 is 6.10. The molecule has 2 aromatic carbocycles. The summed E-state index contributed by atoms with van der Waals surface area (Å²) in [5.41, 5.74) is 1.70. The van der Waals surface area contributed by atoms with Crippen molar-refractivity contribution < 1.29 is 19.2 Å². The standard InChI is InChI=1S/C21H22ClN3O3/c1-28-18-7-5-16(6-8-18)25-20(26)14-19(21(25)27)24-11-9-23(10-12-24)17-4-2-3-15(22)13-17/h2-8,13,19H,9-12,14H2,1H3/p+1/t19-/m0/s1. The number of piperazine rings is 1. The fourth-order valence-electron chi connectivity index (χ4n) is 4.03. The lowest BCUT2D eigenvalue weighted by molar-refractivity contribution is -0.915. The molecule has 0 spiro atoms. The molecule has 28 heavy (non-hydrogen) atoms. The Morgan fingerprint density at radius 2 is 1.75 bits per heavy atom. The van der Waals surface area contributed by atoms with E-state index in [0.29, 0.717) is 11.4 Å². The first kappa shape index (κ1) is 18.8. The van der Waals surface area contributed by atoms with E-state index in [2.05, 4.69) is 4.90 Å². The fraction of sp³-hybridized carbons (Fsp3) is 0.333. The first-order chi connectivity index (χ1) is 13.6. The molecule has 2 heterocycles. The highest BCUT2D eigenvalue weighted by Crippen LogP contribution is 2.25. The van der Waals surface area contributed by atoms with Gasteiger partial charge in [-0.3, -0.25) is 9.59 Å². The smallest absolute Gasteiger partial charge is 0.292 e. The van der Waals surface area contributed by atoms with E-state index in [1.165, 1.54) is 9.80 Å². The van der Waals surface area contributed by atoms with Crippen molar-refractivity contribution in [1.29, 1.82) is 0 Å². The number of amides is 2. The molecule has 1 N–H and O–H groups in total. The second-order valence-corrected chi connectivity index (χ2v) is 7.58. The SMILES string of the molecule is COc1ccc(N2C(=O)C[C@H]([NH+]3CCN(c4cccc(Cl)c4)CC3)C2=O)cc1. The minimum absolute atomic E-state index is 0.110. The van der Waals surface area contributed by atoms with E-state index in [-0.39, 0.29) is 24.3 Å². The molecule has 0 aliphatic carbocycles. The Morgan fingerprint density at radius 3 is 2.39 bits per heavy atom. The normalized spacial score (nSPS) is 20.7. The summed E-state index contributed by atoms with van der Waals surface area (Å²) in [6.45, 7) is 3.28. The molecule has 146 valence electrons. The van der Waals surface area contributed by atoms with E-state index in [1.807, 2.05) is 24.3 Å². The molecule has 7 heteroatoms. The van der Waals surface area contributed by atoms with Crippen LogP contribution in [0.4, 0.5) is 11.4 Å². The molecule has 2 saturated heterocycles. The number of quaternary nitrogens is 1. The average molecular weight is 401 g/mol. The van der Waals surface area contributed by atoms with Gasteiger partial charge in [-0.2, -0.15) is 0 Å². The van der Waals surface area contributed by atoms with Gasteiger partial charge in [-0.1, -0.05) is 17.7 Å². The van der Waals surface area contributed by atoms with E-state index in [1.54, 1.807) is 31.4 Å². The summed E-state index contributed by atoms with van der Waals surface area (Å²) in [6.07, 6.45) is 0.261. The van der Waals surface area contributed by atoms with Crippen LogP contribution in [0.15, 0.2) is 48.5 Å². The van der Waals surface area contributed by atoms with E-state index in [0.717, 1.165) is 36.9 Å². The molecule has 4 rings (SSSR count). The number of benzene rings is 2. The van der Waals surface area contributed by atoms with Gasteiger partial charge in [0, 0.05) is 10.7 Å². The van der Waals surface area contributed by atoms with Crippen LogP contribution in [0, 0.1) is 0 Å². The number of halogens is 1. The number of rotatable bonds is 4. The van der Waals surface area contributed by atoms with Crippen LogP contribution in [0.3, 0.4) is 0 Å². The zero-order valence-electron chi connectivity index (χ0n) is 15.7. The molecule has 0 aromatic heterocycles. The van der Waals surface area contributed by atoms with Crippen LogP contribution in [-0.2, 0) is 9.59 Å². The zero-order valence-corrected chi connectivity index (χ0v) is 16.5. The summed E-state index contributed by atoms with van der Waals surface area (Å²) in [4.78, 5) is 30.3. The maximum absolute atomic E-state index is 13.0. The fourth-order valence-corrected chi connectivity index (χ4v) is 4.21. The highest BCUT2D eigenvalue weighted by atomic mass is 35.5. The van der Waals surface area contributed by atoms with Gasteiger partial charge in [0.1, 0.15) is 5.75 Å². The van der Waals surface area contributed by atoms with Crippen LogP contribution in [0.2, 0.25) is 5.02 Å². The van der Waals surface area contributed by atoms with Gasteiger partial charge in [0.15, 0.2) is 6.04 Å². The van der Waals surface area contributed by atoms with Gasteiger partial charge < -0.3 is 14.5 Å². The second-order valence-electron chi connectivity index (χ2n) is 7.15. The predicted octanol–water partition coefficient (Wildman–Crippen LogP) is 1.39. The molecule has 2 aliphatic heterocycles. The number of ether oxygens (including phenoxy) is 1. The Kier molecular flexibility index (Phi) is 5.24. The lowest BCUT2D eigenvalue weighted by atomic mass is 10.1. The number of hydrogen-bond donors (Lipinski definition) is 1. The van der Waals surface area contributed by atoms with Crippen LogP contribution in [0.5, 0.6) is 5.75 Å². The summed E-state index contributed by atoms with van der Waals surface area (Å²) in [5, 5.41) is 0.721. The molecule has 0 bridgehead atoms. The third kappa shape index (κ3) is 3.57. The summed E-state index contributed by atoms with van der Waals surface area (Å²) in [7, 11) is 1.59. The van der Waals surface area contributed by atoms with Crippen LogP contribution in [0.25, 0.3) is 0 Å². The highest BCUT2D eigenvalue weighted by molar-refractivity contribution is 6.30.